The van der Waals surface area contributed by atoms with Crippen LogP contribution < -0.4 is 5.73 Å². The molecule has 4 heteroatoms. The van der Waals surface area contributed by atoms with Crippen molar-refractivity contribution in [1.82, 2.24) is 9.78 Å². The predicted molar refractivity (Wildman–Crippen MR) is 44.5 cm³/mol. The maximum Gasteiger partial charge on any atom is 0.101 e. The molecule has 1 aliphatic heterocycles. The van der Waals surface area contributed by atoms with Gasteiger partial charge in [-0.2, -0.15) is 5.10 Å². The molecular formula is C8H13N3O. The first kappa shape index (κ1) is 7.76. The minimum absolute atomic E-state index is 0.0544. The van der Waals surface area contributed by atoms with Gasteiger partial charge in [0.05, 0.1) is 6.20 Å². The van der Waals surface area contributed by atoms with Crippen LogP contribution in [0.2, 0.25) is 0 Å². The first-order chi connectivity index (χ1) is 5.77. The van der Waals surface area contributed by atoms with Gasteiger partial charge in [0, 0.05) is 31.5 Å². The van der Waals surface area contributed by atoms with Crippen LogP contribution in [0.5, 0.6) is 0 Å². The molecule has 2 rings (SSSR count). The van der Waals surface area contributed by atoms with Crippen molar-refractivity contribution in [3.8, 4) is 0 Å². The minimum Gasteiger partial charge on any atom is -0.372 e. The maximum absolute atomic E-state index is 5.86. The van der Waals surface area contributed by atoms with E-state index < -0.39 is 0 Å². The van der Waals surface area contributed by atoms with E-state index in [4.69, 9.17) is 10.5 Å². The summed E-state index contributed by atoms with van der Waals surface area (Å²) in [7, 11) is 1.89. The maximum atomic E-state index is 5.86. The molecule has 2 N–H and O–H groups in total. The van der Waals surface area contributed by atoms with E-state index in [-0.39, 0.29) is 12.1 Å². The van der Waals surface area contributed by atoms with E-state index in [1.54, 1.807) is 4.68 Å². The van der Waals surface area contributed by atoms with E-state index in [1.165, 1.54) is 0 Å². The normalized spacial score (nSPS) is 29.5. The number of aromatic nitrogens is 2. The molecule has 1 fully saturated rings. The fraction of sp³-hybridized carbons (Fsp3) is 0.625. The van der Waals surface area contributed by atoms with Crippen LogP contribution in [0, 0.1) is 0 Å². The van der Waals surface area contributed by atoms with Gasteiger partial charge in [-0.05, 0) is 6.42 Å². The third-order valence-electron chi connectivity index (χ3n) is 2.19. The molecule has 0 spiro atoms. The van der Waals surface area contributed by atoms with Crippen molar-refractivity contribution < 1.29 is 4.74 Å². The Morgan fingerprint density at radius 2 is 2.58 bits per heavy atom. The lowest BCUT2D eigenvalue weighted by atomic mass is 10.1. The molecule has 1 aliphatic rings. The van der Waals surface area contributed by atoms with E-state index in [1.807, 2.05) is 19.4 Å². The van der Waals surface area contributed by atoms with Gasteiger partial charge in [-0.3, -0.25) is 4.68 Å². The molecule has 12 heavy (non-hydrogen) atoms. The monoisotopic (exact) mass is 167 g/mol. The molecule has 1 saturated heterocycles. The van der Waals surface area contributed by atoms with Gasteiger partial charge in [0.2, 0.25) is 0 Å². The van der Waals surface area contributed by atoms with E-state index >= 15 is 0 Å². The van der Waals surface area contributed by atoms with E-state index in [2.05, 4.69) is 5.10 Å². The van der Waals surface area contributed by atoms with Gasteiger partial charge in [-0.1, -0.05) is 0 Å². The zero-order valence-corrected chi connectivity index (χ0v) is 7.10. The molecule has 0 unspecified atom stereocenters. The molecular weight excluding hydrogens is 154 g/mol. The number of nitrogens with two attached hydrogens (primary N) is 1. The number of ether oxygens (including phenoxy) is 1. The van der Waals surface area contributed by atoms with Crippen LogP contribution in [-0.4, -0.2) is 22.4 Å². The van der Waals surface area contributed by atoms with Crippen molar-refractivity contribution in [2.45, 2.75) is 18.6 Å². The third kappa shape index (κ3) is 1.23. The SMILES string of the molecule is Cn1cc([C@H]2OCC[C@H]2N)cn1. The smallest absolute Gasteiger partial charge is 0.101 e. The number of nitrogens with zero attached hydrogens (tertiary/aromatic N) is 2. The Labute approximate surface area is 71.3 Å². The molecule has 0 amide bonds. The molecule has 1 aromatic rings. The van der Waals surface area contributed by atoms with Gasteiger partial charge >= 0.3 is 0 Å². The summed E-state index contributed by atoms with van der Waals surface area (Å²) < 4.78 is 7.25. The van der Waals surface area contributed by atoms with Crippen molar-refractivity contribution in [3.05, 3.63) is 18.0 Å². The van der Waals surface area contributed by atoms with Gasteiger partial charge in [-0.15, -0.1) is 0 Å². The van der Waals surface area contributed by atoms with Crippen molar-refractivity contribution in [3.63, 3.8) is 0 Å². The molecule has 2 heterocycles. The van der Waals surface area contributed by atoms with Crippen LogP contribution in [0.4, 0.5) is 0 Å². The molecule has 0 aliphatic carbocycles. The minimum atomic E-state index is 0.0544. The Morgan fingerprint density at radius 3 is 3.08 bits per heavy atom. The molecule has 2 atom stereocenters. The first-order valence-corrected chi connectivity index (χ1v) is 4.13. The second kappa shape index (κ2) is 2.88. The fourth-order valence-corrected chi connectivity index (χ4v) is 1.54. The summed E-state index contributed by atoms with van der Waals surface area (Å²) in [5, 5.41) is 4.08. The van der Waals surface area contributed by atoms with E-state index in [0.29, 0.717) is 0 Å². The Hall–Kier alpha value is -0.870. The van der Waals surface area contributed by atoms with E-state index in [0.717, 1.165) is 18.6 Å². The average molecular weight is 167 g/mol. The lowest BCUT2D eigenvalue weighted by Gasteiger charge is -2.11. The van der Waals surface area contributed by atoms with Gasteiger partial charge in [0.15, 0.2) is 0 Å². The molecule has 0 aromatic carbocycles. The predicted octanol–water partition coefficient (Wildman–Crippen LogP) is 0.209. The number of hydrogen-bond acceptors (Lipinski definition) is 3. The Kier molecular flexibility index (Phi) is 1.86. The lowest BCUT2D eigenvalue weighted by molar-refractivity contribution is 0.105. The molecule has 0 saturated carbocycles. The van der Waals surface area contributed by atoms with Crippen molar-refractivity contribution >= 4 is 0 Å². The summed E-state index contributed by atoms with van der Waals surface area (Å²) in [6.07, 6.45) is 4.77. The standard InChI is InChI=1S/C8H13N3O/c1-11-5-6(4-10-11)8-7(9)2-3-12-8/h4-5,7-8H,2-3,9H2,1H3/t7-,8-/m1/s1. The summed E-state index contributed by atoms with van der Waals surface area (Å²) in [6, 6.07) is 0.134. The van der Waals surface area contributed by atoms with Crippen LogP contribution in [0.1, 0.15) is 18.1 Å². The van der Waals surface area contributed by atoms with Crippen molar-refractivity contribution in [2.75, 3.05) is 6.61 Å². The van der Waals surface area contributed by atoms with Crippen LogP contribution in [-0.2, 0) is 11.8 Å². The molecule has 0 radical (unpaired) electrons. The molecule has 0 bridgehead atoms. The van der Waals surface area contributed by atoms with Crippen LogP contribution in [0.15, 0.2) is 12.4 Å². The zero-order chi connectivity index (χ0) is 8.55. The number of hydrogen-bond donors (Lipinski definition) is 1. The Morgan fingerprint density at radius 1 is 1.75 bits per heavy atom. The average Bonchev–Trinajstić information content (AvgIpc) is 2.58. The van der Waals surface area contributed by atoms with Crippen LogP contribution in [0.25, 0.3) is 0 Å². The summed E-state index contributed by atoms with van der Waals surface area (Å²) in [4.78, 5) is 0. The number of aryl methyl sites for hydroxylation is 1. The summed E-state index contributed by atoms with van der Waals surface area (Å²) >= 11 is 0. The molecule has 1 aromatic heterocycles. The lowest BCUT2D eigenvalue weighted by Crippen LogP contribution is -2.23. The topological polar surface area (TPSA) is 53.1 Å². The highest BCUT2D eigenvalue weighted by Gasteiger charge is 2.27. The van der Waals surface area contributed by atoms with Gasteiger partial charge in [0.1, 0.15) is 6.10 Å². The number of rotatable bonds is 1. The van der Waals surface area contributed by atoms with Crippen molar-refractivity contribution in [1.29, 1.82) is 0 Å². The molecule has 66 valence electrons. The first-order valence-electron chi connectivity index (χ1n) is 4.13. The Bertz CT molecular complexity index is 271. The second-order valence-electron chi connectivity index (χ2n) is 3.19. The van der Waals surface area contributed by atoms with Crippen LogP contribution in [0.3, 0.4) is 0 Å². The Balaban J connectivity index is 2.19. The van der Waals surface area contributed by atoms with E-state index in [9.17, 15) is 0 Å². The van der Waals surface area contributed by atoms with Gasteiger partial charge < -0.3 is 10.5 Å². The highest BCUT2D eigenvalue weighted by Crippen LogP contribution is 2.26. The van der Waals surface area contributed by atoms with Gasteiger partial charge in [0.25, 0.3) is 0 Å². The third-order valence-corrected chi connectivity index (χ3v) is 2.19. The highest BCUT2D eigenvalue weighted by molar-refractivity contribution is 5.11. The van der Waals surface area contributed by atoms with Crippen molar-refractivity contribution in [2.24, 2.45) is 12.8 Å². The van der Waals surface area contributed by atoms with Gasteiger partial charge in [-0.25, -0.2) is 0 Å². The quantitative estimate of drug-likeness (QED) is 0.650. The van der Waals surface area contributed by atoms with Crippen LogP contribution >= 0.6 is 0 Å². The largest absolute Gasteiger partial charge is 0.372 e. The summed E-state index contributed by atoms with van der Waals surface area (Å²) in [5.74, 6) is 0. The summed E-state index contributed by atoms with van der Waals surface area (Å²) in [6.45, 7) is 0.765. The zero-order valence-electron chi connectivity index (χ0n) is 7.10. The second-order valence-corrected chi connectivity index (χ2v) is 3.19. The highest BCUT2D eigenvalue weighted by atomic mass is 16.5. The fourth-order valence-electron chi connectivity index (χ4n) is 1.54. The summed E-state index contributed by atoms with van der Waals surface area (Å²) in [5.41, 5.74) is 6.94. The molecule has 4 nitrogen and oxygen atoms in total.